The molecule has 2 aromatic rings. The topological polar surface area (TPSA) is 36.4 Å². The number of carbonyl (C=O) groups is 1. The van der Waals surface area contributed by atoms with Gasteiger partial charge in [0, 0.05) is 50.7 Å². The molecule has 1 saturated heterocycles. The summed E-state index contributed by atoms with van der Waals surface area (Å²) in [5.74, 6) is -0.845. The molecule has 0 aliphatic carbocycles. The van der Waals surface area contributed by atoms with Crippen molar-refractivity contribution in [3.05, 3.63) is 65.0 Å². The summed E-state index contributed by atoms with van der Waals surface area (Å²) in [6, 6.07) is 4.65. The minimum atomic E-state index is -4.99. The first kappa shape index (κ1) is 21.1. The number of alkyl halides is 6. The first-order valence-electron chi connectivity index (χ1n) is 8.74. The Balaban J connectivity index is 1.73. The van der Waals surface area contributed by atoms with E-state index in [1.807, 2.05) is 11.0 Å². The van der Waals surface area contributed by atoms with E-state index in [1.165, 1.54) is 4.90 Å². The van der Waals surface area contributed by atoms with Crippen LogP contribution in [0.4, 0.5) is 26.3 Å². The summed E-state index contributed by atoms with van der Waals surface area (Å²) in [5, 5.41) is 0. The maximum atomic E-state index is 13.0. The second-order valence-corrected chi connectivity index (χ2v) is 6.72. The van der Waals surface area contributed by atoms with E-state index in [9.17, 15) is 31.1 Å². The van der Waals surface area contributed by atoms with Crippen LogP contribution in [0, 0.1) is 0 Å². The van der Waals surface area contributed by atoms with Crippen LogP contribution in [-0.4, -0.2) is 46.9 Å². The van der Waals surface area contributed by atoms with Crippen LogP contribution in [0.3, 0.4) is 0 Å². The maximum Gasteiger partial charge on any atom is 0.416 e. The van der Waals surface area contributed by atoms with Crippen molar-refractivity contribution in [2.75, 3.05) is 26.2 Å². The Morgan fingerprint density at radius 3 is 2.00 bits per heavy atom. The summed E-state index contributed by atoms with van der Waals surface area (Å²) >= 11 is 0. The fourth-order valence-corrected chi connectivity index (χ4v) is 3.12. The van der Waals surface area contributed by atoms with Gasteiger partial charge in [0.1, 0.15) is 0 Å². The fourth-order valence-electron chi connectivity index (χ4n) is 3.12. The molecule has 0 spiro atoms. The third kappa shape index (κ3) is 5.26. The van der Waals surface area contributed by atoms with Gasteiger partial charge in [-0.2, -0.15) is 26.3 Å². The van der Waals surface area contributed by atoms with Gasteiger partial charge in [-0.05, 0) is 29.8 Å². The van der Waals surface area contributed by atoms with E-state index in [2.05, 4.69) is 4.98 Å². The van der Waals surface area contributed by atoms with Gasteiger partial charge in [-0.25, -0.2) is 0 Å². The summed E-state index contributed by atoms with van der Waals surface area (Å²) in [7, 11) is 0. The summed E-state index contributed by atoms with van der Waals surface area (Å²) < 4.78 is 78.0. The average Bonchev–Trinajstić information content (AvgIpc) is 2.67. The minimum absolute atomic E-state index is 0.0165. The number of pyridine rings is 1. The van der Waals surface area contributed by atoms with Crippen LogP contribution in [0.1, 0.15) is 27.0 Å². The van der Waals surface area contributed by atoms with Gasteiger partial charge in [-0.15, -0.1) is 0 Å². The van der Waals surface area contributed by atoms with Gasteiger partial charge in [-0.3, -0.25) is 14.7 Å². The molecule has 1 aliphatic heterocycles. The van der Waals surface area contributed by atoms with Crippen LogP contribution in [0.5, 0.6) is 0 Å². The highest BCUT2D eigenvalue weighted by Gasteiger charge is 2.38. The van der Waals surface area contributed by atoms with Gasteiger partial charge in [-0.1, -0.05) is 6.07 Å². The molecule has 0 N–H and O–H groups in total. The highest BCUT2D eigenvalue weighted by atomic mass is 19.4. The van der Waals surface area contributed by atoms with Gasteiger partial charge < -0.3 is 4.90 Å². The minimum Gasteiger partial charge on any atom is -0.336 e. The Labute approximate surface area is 162 Å². The van der Waals surface area contributed by atoms with E-state index in [0.717, 1.165) is 5.56 Å². The normalized spacial score (nSPS) is 16.1. The van der Waals surface area contributed by atoms with Crippen molar-refractivity contribution in [3.8, 4) is 0 Å². The van der Waals surface area contributed by atoms with Crippen LogP contribution in [0.25, 0.3) is 0 Å². The number of amides is 1. The number of benzene rings is 1. The highest BCUT2D eigenvalue weighted by Crippen LogP contribution is 2.36. The Hall–Kier alpha value is -2.62. The van der Waals surface area contributed by atoms with Crippen molar-refractivity contribution in [3.63, 3.8) is 0 Å². The molecule has 0 bridgehead atoms. The number of hydrogen-bond donors (Lipinski definition) is 0. The average molecular weight is 417 g/mol. The highest BCUT2D eigenvalue weighted by molar-refractivity contribution is 5.94. The van der Waals surface area contributed by atoms with Gasteiger partial charge in [0.15, 0.2) is 0 Å². The van der Waals surface area contributed by atoms with Crippen LogP contribution in [0.15, 0.2) is 42.7 Å². The molecule has 0 atom stereocenters. The van der Waals surface area contributed by atoms with Crippen molar-refractivity contribution in [2.45, 2.75) is 18.9 Å². The summed E-state index contributed by atoms with van der Waals surface area (Å²) in [6.45, 7) is 1.91. The predicted molar refractivity (Wildman–Crippen MR) is 91.9 cm³/mol. The molecule has 2 heterocycles. The van der Waals surface area contributed by atoms with Crippen LogP contribution in [0.2, 0.25) is 0 Å². The van der Waals surface area contributed by atoms with E-state index in [0.29, 0.717) is 31.8 Å². The fraction of sp³-hybridized carbons (Fsp3) is 0.368. The van der Waals surface area contributed by atoms with Gasteiger partial charge in [0.05, 0.1) is 11.1 Å². The van der Waals surface area contributed by atoms with Gasteiger partial charge in [0.25, 0.3) is 5.91 Å². The zero-order valence-electron chi connectivity index (χ0n) is 15.1. The summed E-state index contributed by atoms with van der Waals surface area (Å²) in [6.07, 6.45) is -6.62. The molecule has 156 valence electrons. The molecule has 1 aromatic heterocycles. The Bertz CT molecular complexity index is 826. The number of rotatable bonds is 3. The number of nitrogens with zero attached hydrogens (tertiary/aromatic N) is 3. The van der Waals surface area contributed by atoms with E-state index < -0.39 is 35.0 Å². The lowest BCUT2D eigenvalue weighted by Crippen LogP contribution is -2.48. The van der Waals surface area contributed by atoms with Crippen LogP contribution in [-0.2, 0) is 18.9 Å². The maximum absolute atomic E-state index is 13.0. The van der Waals surface area contributed by atoms with E-state index in [1.54, 1.807) is 18.5 Å². The molecule has 1 amide bonds. The summed E-state index contributed by atoms with van der Waals surface area (Å²) in [4.78, 5) is 19.9. The zero-order chi connectivity index (χ0) is 21.2. The van der Waals surface area contributed by atoms with E-state index >= 15 is 0 Å². The first-order valence-corrected chi connectivity index (χ1v) is 8.74. The lowest BCUT2D eigenvalue weighted by atomic mass is 10.0. The Kier molecular flexibility index (Phi) is 5.83. The van der Waals surface area contributed by atoms with Crippen LogP contribution >= 0.6 is 0 Å². The largest absolute Gasteiger partial charge is 0.416 e. The molecule has 1 fully saturated rings. The first-order chi connectivity index (χ1) is 13.5. The standard InChI is InChI=1S/C19H17F6N3O/c20-18(21,22)15-8-14(9-16(10-15)19(23,24)25)17(29)28-6-4-27(5-7-28)12-13-2-1-3-26-11-13/h1-3,8-11H,4-7,12H2. The van der Waals surface area contributed by atoms with E-state index in [4.69, 9.17) is 0 Å². The van der Waals surface area contributed by atoms with Crippen LogP contribution < -0.4 is 0 Å². The lowest BCUT2D eigenvalue weighted by Gasteiger charge is -2.35. The van der Waals surface area contributed by atoms with Crippen molar-refractivity contribution in [2.24, 2.45) is 0 Å². The van der Waals surface area contributed by atoms with Gasteiger partial charge in [0.2, 0.25) is 0 Å². The molecule has 4 nitrogen and oxygen atoms in total. The van der Waals surface area contributed by atoms with Crippen molar-refractivity contribution >= 4 is 5.91 Å². The third-order valence-electron chi connectivity index (χ3n) is 4.62. The molecule has 0 saturated carbocycles. The van der Waals surface area contributed by atoms with E-state index in [-0.39, 0.29) is 19.2 Å². The number of halogens is 6. The lowest BCUT2D eigenvalue weighted by molar-refractivity contribution is -0.143. The second kappa shape index (κ2) is 8.02. The Morgan fingerprint density at radius 1 is 0.931 bits per heavy atom. The number of carbonyl (C=O) groups excluding carboxylic acids is 1. The third-order valence-corrected chi connectivity index (χ3v) is 4.62. The molecule has 10 heteroatoms. The van der Waals surface area contributed by atoms with Gasteiger partial charge >= 0.3 is 12.4 Å². The summed E-state index contributed by atoms with van der Waals surface area (Å²) in [5.41, 5.74) is -2.63. The van der Waals surface area contributed by atoms with Crippen molar-refractivity contribution in [1.82, 2.24) is 14.8 Å². The monoisotopic (exact) mass is 417 g/mol. The Morgan fingerprint density at radius 2 is 1.52 bits per heavy atom. The number of hydrogen-bond acceptors (Lipinski definition) is 3. The SMILES string of the molecule is O=C(c1cc(C(F)(F)F)cc(C(F)(F)F)c1)N1CCN(Cc2cccnc2)CC1. The quantitative estimate of drug-likeness (QED) is 0.707. The number of aromatic nitrogens is 1. The molecule has 29 heavy (non-hydrogen) atoms. The molecule has 1 aromatic carbocycles. The van der Waals surface area contributed by atoms with Crippen molar-refractivity contribution in [1.29, 1.82) is 0 Å². The number of piperazine rings is 1. The molecule has 1 aliphatic rings. The molecule has 0 unspecified atom stereocenters. The predicted octanol–water partition coefficient (Wildman–Crippen LogP) is 4.08. The zero-order valence-corrected chi connectivity index (χ0v) is 15.1. The molecule has 0 radical (unpaired) electrons. The van der Waals surface area contributed by atoms with Crippen molar-refractivity contribution < 1.29 is 31.1 Å². The molecule has 3 rings (SSSR count). The second-order valence-electron chi connectivity index (χ2n) is 6.72. The smallest absolute Gasteiger partial charge is 0.336 e. The molecular formula is C19H17F6N3O. The molecular weight excluding hydrogens is 400 g/mol.